The standard InChI is InChI=1S/C16H16N4O/c17-13-6-2-4-8-15(13)21-10-9-18-16-12-5-1-3-7-14(12)19-11-20-16/h1-8,11H,9-10,17H2,(H,18,19,20). The van der Waals surface area contributed by atoms with Crippen LogP contribution in [-0.2, 0) is 0 Å². The normalized spacial score (nSPS) is 10.5. The monoisotopic (exact) mass is 280 g/mol. The lowest BCUT2D eigenvalue weighted by Gasteiger charge is -2.10. The van der Waals surface area contributed by atoms with Crippen molar-refractivity contribution >= 4 is 22.4 Å². The van der Waals surface area contributed by atoms with Crippen molar-refractivity contribution in [2.45, 2.75) is 0 Å². The predicted octanol–water partition coefficient (Wildman–Crippen LogP) is 2.70. The van der Waals surface area contributed by atoms with E-state index in [1.807, 2.05) is 48.5 Å². The number of para-hydroxylation sites is 3. The Morgan fingerprint density at radius 2 is 1.81 bits per heavy atom. The molecule has 0 radical (unpaired) electrons. The van der Waals surface area contributed by atoms with E-state index in [9.17, 15) is 0 Å². The van der Waals surface area contributed by atoms with Crippen LogP contribution in [0.15, 0.2) is 54.9 Å². The minimum atomic E-state index is 0.506. The highest BCUT2D eigenvalue weighted by Gasteiger charge is 2.02. The molecule has 0 fully saturated rings. The molecule has 0 atom stereocenters. The van der Waals surface area contributed by atoms with Crippen LogP contribution in [-0.4, -0.2) is 23.1 Å². The summed E-state index contributed by atoms with van der Waals surface area (Å²) < 4.78 is 5.64. The summed E-state index contributed by atoms with van der Waals surface area (Å²) in [5.74, 6) is 1.51. The number of nitrogens with two attached hydrogens (primary N) is 1. The molecule has 3 N–H and O–H groups in total. The fraction of sp³-hybridized carbons (Fsp3) is 0.125. The molecule has 106 valence electrons. The topological polar surface area (TPSA) is 73.1 Å². The number of hydrogen-bond donors (Lipinski definition) is 2. The van der Waals surface area contributed by atoms with Gasteiger partial charge in [0.05, 0.1) is 17.7 Å². The minimum Gasteiger partial charge on any atom is -0.490 e. The van der Waals surface area contributed by atoms with Crippen LogP contribution >= 0.6 is 0 Å². The number of nitrogens with zero attached hydrogens (tertiary/aromatic N) is 2. The van der Waals surface area contributed by atoms with Crippen molar-refractivity contribution in [3.05, 3.63) is 54.9 Å². The van der Waals surface area contributed by atoms with Crippen LogP contribution in [0.1, 0.15) is 0 Å². The van der Waals surface area contributed by atoms with Gasteiger partial charge < -0.3 is 15.8 Å². The molecular weight excluding hydrogens is 264 g/mol. The van der Waals surface area contributed by atoms with Gasteiger partial charge in [-0.1, -0.05) is 24.3 Å². The van der Waals surface area contributed by atoms with E-state index in [0.29, 0.717) is 24.6 Å². The third-order valence-corrected chi connectivity index (χ3v) is 3.11. The maximum atomic E-state index is 5.82. The molecule has 3 rings (SSSR count). The highest BCUT2D eigenvalue weighted by atomic mass is 16.5. The second kappa shape index (κ2) is 6.09. The van der Waals surface area contributed by atoms with Gasteiger partial charge in [0.15, 0.2) is 0 Å². The first-order valence-electron chi connectivity index (χ1n) is 6.75. The van der Waals surface area contributed by atoms with Gasteiger partial charge in [-0.05, 0) is 24.3 Å². The Bertz CT molecular complexity index is 740. The summed E-state index contributed by atoms with van der Waals surface area (Å²) in [4.78, 5) is 8.50. The van der Waals surface area contributed by atoms with Crippen molar-refractivity contribution in [2.75, 3.05) is 24.2 Å². The first-order valence-corrected chi connectivity index (χ1v) is 6.75. The van der Waals surface area contributed by atoms with Crippen molar-refractivity contribution < 1.29 is 4.74 Å². The maximum absolute atomic E-state index is 5.82. The number of benzene rings is 2. The Labute approximate surface area is 122 Å². The van der Waals surface area contributed by atoms with Gasteiger partial charge in [-0.3, -0.25) is 0 Å². The molecule has 0 spiro atoms. The van der Waals surface area contributed by atoms with Crippen molar-refractivity contribution in [2.24, 2.45) is 0 Å². The fourth-order valence-corrected chi connectivity index (χ4v) is 2.09. The molecule has 1 heterocycles. The third-order valence-electron chi connectivity index (χ3n) is 3.11. The number of nitrogens with one attached hydrogen (secondary N) is 1. The lowest BCUT2D eigenvalue weighted by molar-refractivity contribution is 0.334. The molecule has 0 aliphatic heterocycles. The number of anilines is 2. The Kier molecular flexibility index (Phi) is 3.82. The van der Waals surface area contributed by atoms with Crippen LogP contribution in [0.25, 0.3) is 10.9 Å². The molecule has 2 aromatic carbocycles. The van der Waals surface area contributed by atoms with Crippen molar-refractivity contribution in [1.82, 2.24) is 9.97 Å². The zero-order valence-corrected chi connectivity index (χ0v) is 11.5. The lowest BCUT2D eigenvalue weighted by Crippen LogP contribution is -2.13. The van der Waals surface area contributed by atoms with Crippen LogP contribution in [0.5, 0.6) is 5.75 Å². The molecule has 1 aromatic heterocycles. The Morgan fingerprint density at radius 1 is 1.00 bits per heavy atom. The first kappa shape index (κ1) is 13.2. The molecule has 21 heavy (non-hydrogen) atoms. The van der Waals surface area contributed by atoms with Gasteiger partial charge in [0.1, 0.15) is 24.5 Å². The van der Waals surface area contributed by atoms with Crippen LogP contribution in [0.3, 0.4) is 0 Å². The van der Waals surface area contributed by atoms with Gasteiger partial charge in [0.2, 0.25) is 0 Å². The number of rotatable bonds is 5. The average molecular weight is 280 g/mol. The van der Waals surface area contributed by atoms with E-state index in [2.05, 4.69) is 15.3 Å². The molecule has 5 nitrogen and oxygen atoms in total. The highest BCUT2D eigenvalue weighted by molar-refractivity contribution is 5.88. The zero-order chi connectivity index (χ0) is 14.5. The molecule has 5 heteroatoms. The van der Waals surface area contributed by atoms with Gasteiger partial charge in [0, 0.05) is 5.39 Å². The second-order valence-corrected chi connectivity index (χ2v) is 4.55. The molecule has 0 amide bonds. The zero-order valence-electron chi connectivity index (χ0n) is 11.5. The van der Waals surface area contributed by atoms with E-state index in [4.69, 9.17) is 10.5 Å². The first-order chi connectivity index (χ1) is 10.3. The molecule has 0 saturated heterocycles. The van der Waals surface area contributed by atoms with E-state index in [-0.39, 0.29) is 0 Å². The van der Waals surface area contributed by atoms with E-state index < -0.39 is 0 Å². The lowest BCUT2D eigenvalue weighted by atomic mass is 10.2. The highest BCUT2D eigenvalue weighted by Crippen LogP contribution is 2.20. The molecule has 0 saturated carbocycles. The molecule has 0 bridgehead atoms. The predicted molar refractivity (Wildman–Crippen MR) is 84.4 cm³/mol. The second-order valence-electron chi connectivity index (χ2n) is 4.55. The van der Waals surface area contributed by atoms with Crippen LogP contribution in [0, 0.1) is 0 Å². The van der Waals surface area contributed by atoms with Crippen LogP contribution in [0.4, 0.5) is 11.5 Å². The smallest absolute Gasteiger partial charge is 0.142 e. The van der Waals surface area contributed by atoms with Gasteiger partial charge in [-0.15, -0.1) is 0 Å². The van der Waals surface area contributed by atoms with Gasteiger partial charge in [-0.2, -0.15) is 0 Å². The quantitative estimate of drug-likeness (QED) is 0.555. The maximum Gasteiger partial charge on any atom is 0.142 e. The summed E-state index contributed by atoms with van der Waals surface area (Å²) in [6, 6.07) is 15.3. The Hall–Kier alpha value is -2.82. The molecule has 0 aliphatic rings. The largest absolute Gasteiger partial charge is 0.490 e. The van der Waals surface area contributed by atoms with Gasteiger partial charge in [0.25, 0.3) is 0 Å². The molecule has 3 aromatic rings. The fourth-order valence-electron chi connectivity index (χ4n) is 2.09. The summed E-state index contributed by atoms with van der Waals surface area (Å²) in [5.41, 5.74) is 7.39. The minimum absolute atomic E-state index is 0.506. The van der Waals surface area contributed by atoms with Crippen molar-refractivity contribution in [3.63, 3.8) is 0 Å². The molecule has 0 aliphatic carbocycles. The number of fused-ring (bicyclic) bond motifs is 1. The van der Waals surface area contributed by atoms with Gasteiger partial charge in [-0.25, -0.2) is 9.97 Å². The molecule has 0 unspecified atom stereocenters. The van der Waals surface area contributed by atoms with Crippen molar-refractivity contribution in [1.29, 1.82) is 0 Å². The van der Waals surface area contributed by atoms with E-state index >= 15 is 0 Å². The van der Waals surface area contributed by atoms with E-state index in [0.717, 1.165) is 16.7 Å². The summed E-state index contributed by atoms with van der Waals surface area (Å²) in [5, 5.41) is 4.26. The van der Waals surface area contributed by atoms with E-state index in [1.54, 1.807) is 6.33 Å². The summed E-state index contributed by atoms with van der Waals surface area (Å²) in [6.07, 6.45) is 1.56. The SMILES string of the molecule is Nc1ccccc1OCCNc1ncnc2ccccc12. The van der Waals surface area contributed by atoms with Crippen LogP contribution < -0.4 is 15.8 Å². The van der Waals surface area contributed by atoms with Gasteiger partial charge >= 0.3 is 0 Å². The number of nitrogen functional groups attached to an aromatic ring is 1. The summed E-state index contributed by atoms with van der Waals surface area (Å²) >= 11 is 0. The number of hydrogen-bond acceptors (Lipinski definition) is 5. The van der Waals surface area contributed by atoms with Crippen molar-refractivity contribution in [3.8, 4) is 5.75 Å². The number of aromatic nitrogens is 2. The summed E-state index contributed by atoms with van der Waals surface area (Å²) in [6.45, 7) is 1.14. The Balaban J connectivity index is 1.61. The van der Waals surface area contributed by atoms with Crippen LogP contribution in [0.2, 0.25) is 0 Å². The third kappa shape index (κ3) is 3.02. The Morgan fingerprint density at radius 3 is 2.71 bits per heavy atom. The van der Waals surface area contributed by atoms with E-state index in [1.165, 1.54) is 0 Å². The average Bonchev–Trinajstić information content (AvgIpc) is 2.53. The molecular formula is C16H16N4O. The summed E-state index contributed by atoms with van der Waals surface area (Å²) in [7, 11) is 0. The number of ether oxygens (including phenoxy) is 1.